The predicted molar refractivity (Wildman–Crippen MR) is 113 cm³/mol. The standard InChI is InChI=1S/C24H28N2O2/c1-24(2,3)26-23(27)20-10-6-9-19-17-7-5-8-18(17)21(25-22(19)20)15-11-13-16(28-4)14-12-15/h5-7,9-14,17-18,21,25H,8H2,1-4H3,(H,26,27). The lowest BCUT2D eigenvalue weighted by Crippen LogP contribution is -2.41. The number of hydrogen-bond acceptors (Lipinski definition) is 3. The van der Waals surface area contributed by atoms with E-state index < -0.39 is 0 Å². The van der Waals surface area contributed by atoms with Gasteiger partial charge in [0, 0.05) is 11.5 Å². The van der Waals surface area contributed by atoms with Crippen LogP contribution < -0.4 is 15.4 Å². The summed E-state index contributed by atoms with van der Waals surface area (Å²) in [5, 5.41) is 6.82. The largest absolute Gasteiger partial charge is 0.497 e. The number of fused-ring (bicyclic) bond motifs is 3. The Bertz CT molecular complexity index is 909. The summed E-state index contributed by atoms with van der Waals surface area (Å²) in [7, 11) is 1.68. The summed E-state index contributed by atoms with van der Waals surface area (Å²) in [6.07, 6.45) is 5.60. The van der Waals surface area contributed by atoms with Crippen molar-refractivity contribution >= 4 is 11.6 Å². The maximum absolute atomic E-state index is 13.0. The molecule has 4 heteroatoms. The van der Waals surface area contributed by atoms with Gasteiger partial charge < -0.3 is 15.4 Å². The number of allylic oxidation sites excluding steroid dienone is 2. The Balaban J connectivity index is 1.74. The Morgan fingerprint density at radius 2 is 1.89 bits per heavy atom. The van der Waals surface area contributed by atoms with Crippen LogP contribution in [0.4, 0.5) is 5.69 Å². The fourth-order valence-corrected chi connectivity index (χ4v) is 4.36. The van der Waals surface area contributed by atoms with E-state index in [2.05, 4.69) is 41.0 Å². The highest BCUT2D eigenvalue weighted by Crippen LogP contribution is 2.50. The van der Waals surface area contributed by atoms with Gasteiger partial charge in [0.25, 0.3) is 5.91 Å². The molecule has 0 fully saturated rings. The average molecular weight is 377 g/mol. The van der Waals surface area contributed by atoms with Crippen LogP contribution in [0.25, 0.3) is 0 Å². The summed E-state index contributed by atoms with van der Waals surface area (Å²) in [4.78, 5) is 13.0. The van der Waals surface area contributed by atoms with E-state index in [1.165, 1.54) is 11.1 Å². The molecular formula is C24H28N2O2. The van der Waals surface area contributed by atoms with Crippen LogP contribution in [0.15, 0.2) is 54.6 Å². The molecule has 1 amide bonds. The van der Waals surface area contributed by atoms with Gasteiger partial charge in [-0.25, -0.2) is 0 Å². The quantitative estimate of drug-likeness (QED) is 0.737. The molecule has 1 aliphatic carbocycles. The number of carbonyl (C=O) groups is 1. The Kier molecular flexibility index (Phi) is 4.66. The van der Waals surface area contributed by atoms with Crippen molar-refractivity contribution in [1.29, 1.82) is 0 Å². The molecule has 0 bridgehead atoms. The fourth-order valence-electron chi connectivity index (χ4n) is 4.36. The first-order valence-corrected chi connectivity index (χ1v) is 9.90. The molecule has 1 heterocycles. The van der Waals surface area contributed by atoms with E-state index in [1.807, 2.05) is 45.0 Å². The second-order valence-corrected chi connectivity index (χ2v) is 8.72. The van der Waals surface area contributed by atoms with Crippen LogP contribution in [-0.4, -0.2) is 18.6 Å². The molecule has 2 aromatic rings. The number of anilines is 1. The maximum Gasteiger partial charge on any atom is 0.253 e. The van der Waals surface area contributed by atoms with Gasteiger partial charge in [-0.15, -0.1) is 0 Å². The summed E-state index contributed by atoms with van der Waals surface area (Å²) >= 11 is 0. The van der Waals surface area contributed by atoms with Gasteiger partial charge in [-0.1, -0.05) is 36.4 Å². The highest BCUT2D eigenvalue weighted by Gasteiger charge is 2.39. The van der Waals surface area contributed by atoms with Crippen molar-refractivity contribution in [1.82, 2.24) is 5.32 Å². The van der Waals surface area contributed by atoms with Gasteiger partial charge >= 0.3 is 0 Å². The minimum Gasteiger partial charge on any atom is -0.497 e. The molecule has 2 aliphatic rings. The topological polar surface area (TPSA) is 50.4 Å². The Hall–Kier alpha value is -2.75. The molecule has 0 saturated carbocycles. The van der Waals surface area contributed by atoms with Gasteiger partial charge in [-0.05, 0) is 62.4 Å². The minimum absolute atomic E-state index is 0.0363. The number of methoxy groups -OCH3 is 1. The Morgan fingerprint density at radius 1 is 1.14 bits per heavy atom. The van der Waals surface area contributed by atoms with E-state index in [9.17, 15) is 4.79 Å². The first-order chi connectivity index (χ1) is 13.4. The van der Waals surface area contributed by atoms with Crippen LogP contribution in [0.2, 0.25) is 0 Å². The van der Waals surface area contributed by atoms with Crippen molar-refractivity contribution < 1.29 is 9.53 Å². The molecule has 4 nitrogen and oxygen atoms in total. The predicted octanol–water partition coefficient (Wildman–Crippen LogP) is 5.05. The third-order valence-corrected chi connectivity index (χ3v) is 5.60. The van der Waals surface area contributed by atoms with Gasteiger partial charge in [-0.2, -0.15) is 0 Å². The number of rotatable bonds is 3. The van der Waals surface area contributed by atoms with Gasteiger partial charge in [0.1, 0.15) is 5.75 Å². The Morgan fingerprint density at radius 3 is 2.57 bits per heavy atom. The Labute approximate surface area is 167 Å². The molecule has 0 radical (unpaired) electrons. The molecule has 3 atom stereocenters. The summed E-state index contributed by atoms with van der Waals surface area (Å²) in [6.45, 7) is 6.01. The zero-order valence-electron chi connectivity index (χ0n) is 17.0. The molecule has 3 unspecified atom stereocenters. The maximum atomic E-state index is 13.0. The molecule has 0 saturated heterocycles. The zero-order valence-corrected chi connectivity index (χ0v) is 17.0. The van der Waals surface area contributed by atoms with Crippen LogP contribution in [0.1, 0.15) is 60.6 Å². The lowest BCUT2D eigenvalue weighted by molar-refractivity contribution is 0.0920. The van der Waals surface area contributed by atoms with Crippen LogP contribution in [0.5, 0.6) is 5.75 Å². The SMILES string of the molecule is COc1ccc(C2Nc3c(C(=O)NC(C)(C)C)cccc3C3C=CCC32)cc1. The van der Waals surface area contributed by atoms with Crippen molar-refractivity contribution in [3.05, 3.63) is 71.3 Å². The number of carbonyl (C=O) groups excluding carboxylic acids is 1. The lowest BCUT2D eigenvalue weighted by atomic mass is 9.76. The first-order valence-electron chi connectivity index (χ1n) is 9.90. The van der Waals surface area contributed by atoms with Crippen LogP contribution in [0.3, 0.4) is 0 Å². The molecule has 0 spiro atoms. The highest BCUT2D eigenvalue weighted by molar-refractivity contribution is 6.01. The average Bonchev–Trinajstić information content (AvgIpc) is 3.16. The number of nitrogens with one attached hydrogen (secondary N) is 2. The second-order valence-electron chi connectivity index (χ2n) is 8.72. The van der Waals surface area contributed by atoms with E-state index in [0.29, 0.717) is 17.4 Å². The molecule has 146 valence electrons. The molecule has 0 aromatic heterocycles. The van der Waals surface area contributed by atoms with E-state index in [0.717, 1.165) is 17.9 Å². The molecule has 4 rings (SSSR count). The third kappa shape index (κ3) is 3.39. The number of hydrogen-bond donors (Lipinski definition) is 2. The van der Waals surface area contributed by atoms with Gasteiger partial charge in [0.15, 0.2) is 0 Å². The number of ether oxygens (including phenoxy) is 1. The molecule has 2 N–H and O–H groups in total. The van der Waals surface area contributed by atoms with Gasteiger partial charge in [0.05, 0.1) is 24.4 Å². The zero-order chi connectivity index (χ0) is 19.9. The van der Waals surface area contributed by atoms with Gasteiger partial charge in [-0.3, -0.25) is 4.79 Å². The summed E-state index contributed by atoms with van der Waals surface area (Å²) in [5.74, 6) is 1.59. The van der Waals surface area contributed by atoms with Crippen LogP contribution in [0, 0.1) is 5.92 Å². The van der Waals surface area contributed by atoms with E-state index >= 15 is 0 Å². The molecule has 2 aromatic carbocycles. The van der Waals surface area contributed by atoms with Crippen molar-refractivity contribution in [2.45, 2.75) is 44.7 Å². The van der Waals surface area contributed by atoms with E-state index in [4.69, 9.17) is 4.74 Å². The van der Waals surface area contributed by atoms with Crippen LogP contribution in [-0.2, 0) is 0 Å². The number of benzene rings is 2. The van der Waals surface area contributed by atoms with E-state index in [-0.39, 0.29) is 17.5 Å². The van der Waals surface area contributed by atoms with E-state index in [1.54, 1.807) is 7.11 Å². The lowest BCUT2D eigenvalue weighted by Gasteiger charge is -2.38. The summed E-state index contributed by atoms with van der Waals surface area (Å²) in [5.41, 5.74) is 3.82. The minimum atomic E-state index is -0.278. The van der Waals surface area contributed by atoms with Gasteiger partial charge in [0.2, 0.25) is 0 Å². The smallest absolute Gasteiger partial charge is 0.253 e. The summed E-state index contributed by atoms with van der Waals surface area (Å²) in [6, 6.07) is 14.5. The highest BCUT2D eigenvalue weighted by atomic mass is 16.5. The van der Waals surface area contributed by atoms with Crippen LogP contribution >= 0.6 is 0 Å². The number of para-hydroxylation sites is 1. The first kappa shape index (κ1) is 18.6. The third-order valence-electron chi connectivity index (χ3n) is 5.60. The van der Waals surface area contributed by atoms with Crippen molar-refractivity contribution in [3.63, 3.8) is 0 Å². The molecule has 1 aliphatic heterocycles. The normalized spacial score (nSPS) is 22.8. The fraction of sp³-hybridized carbons (Fsp3) is 0.375. The van der Waals surface area contributed by atoms with Crippen molar-refractivity contribution in [2.24, 2.45) is 5.92 Å². The molecular weight excluding hydrogens is 348 g/mol. The summed E-state index contributed by atoms with van der Waals surface area (Å²) < 4.78 is 5.31. The monoisotopic (exact) mass is 376 g/mol. The number of amides is 1. The van der Waals surface area contributed by atoms with Crippen molar-refractivity contribution in [3.8, 4) is 5.75 Å². The molecule has 28 heavy (non-hydrogen) atoms. The second kappa shape index (κ2) is 7.01. The van der Waals surface area contributed by atoms with Crippen molar-refractivity contribution in [2.75, 3.05) is 12.4 Å².